The van der Waals surface area contributed by atoms with Crippen molar-refractivity contribution >= 4 is 17.6 Å². The minimum atomic E-state index is -0.214. The molecular weight excluding hydrogens is 249 g/mol. The van der Waals surface area contributed by atoms with Crippen molar-refractivity contribution < 1.29 is 4.39 Å². The van der Waals surface area contributed by atoms with Crippen LogP contribution < -0.4 is 10.2 Å². The molecule has 0 aromatic carbocycles. The van der Waals surface area contributed by atoms with E-state index in [0.29, 0.717) is 24.0 Å². The smallest absolute Gasteiger partial charge is 0.170 e. The first-order valence-electron chi connectivity index (χ1n) is 6.15. The zero-order valence-corrected chi connectivity index (χ0v) is 12.4. The summed E-state index contributed by atoms with van der Waals surface area (Å²) in [6.07, 6.45) is 4.72. The van der Waals surface area contributed by atoms with E-state index in [1.165, 1.54) is 0 Å². The van der Waals surface area contributed by atoms with Crippen molar-refractivity contribution in [2.45, 2.75) is 25.9 Å². The van der Waals surface area contributed by atoms with Crippen LogP contribution in [0.15, 0.2) is 12.3 Å². The van der Waals surface area contributed by atoms with Crippen molar-refractivity contribution in [1.29, 1.82) is 0 Å². The Hall–Kier alpha value is -0.810. The lowest BCUT2D eigenvalue weighted by molar-refractivity contribution is 0.574. The quantitative estimate of drug-likeness (QED) is 0.825. The molecule has 0 aliphatic carbocycles. The fourth-order valence-corrected chi connectivity index (χ4v) is 2.76. The molecule has 1 unspecified atom stereocenters. The fourth-order valence-electron chi connectivity index (χ4n) is 1.91. The van der Waals surface area contributed by atoms with Crippen molar-refractivity contribution in [3.05, 3.63) is 23.6 Å². The third kappa shape index (κ3) is 3.59. The Balaban J connectivity index is 2.97. The van der Waals surface area contributed by atoms with Crippen LogP contribution in [0.4, 0.5) is 10.2 Å². The van der Waals surface area contributed by atoms with Crippen LogP contribution in [0.2, 0.25) is 0 Å². The van der Waals surface area contributed by atoms with Gasteiger partial charge in [0.1, 0.15) is 0 Å². The number of halogens is 1. The van der Waals surface area contributed by atoms with Gasteiger partial charge < -0.3 is 10.2 Å². The van der Waals surface area contributed by atoms with Gasteiger partial charge in [-0.05, 0) is 25.8 Å². The van der Waals surface area contributed by atoms with E-state index in [4.69, 9.17) is 0 Å². The first-order chi connectivity index (χ1) is 8.65. The SMILES string of the molecule is CCC(CSC)N(C)c1nccc(CNC)c1F. The summed E-state index contributed by atoms with van der Waals surface area (Å²) in [7, 11) is 3.73. The summed E-state index contributed by atoms with van der Waals surface area (Å²) in [6.45, 7) is 2.64. The highest BCUT2D eigenvalue weighted by Gasteiger charge is 2.19. The fraction of sp³-hybridized carbons (Fsp3) is 0.615. The number of thioether (sulfide) groups is 1. The van der Waals surface area contributed by atoms with Gasteiger partial charge in [0.2, 0.25) is 0 Å². The van der Waals surface area contributed by atoms with Crippen molar-refractivity contribution in [3.8, 4) is 0 Å². The molecule has 18 heavy (non-hydrogen) atoms. The van der Waals surface area contributed by atoms with E-state index in [2.05, 4.69) is 23.5 Å². The highest BCUT2D eigenvalue weighted by molar-refractivity contribution is 7.98. The monoisotopic (exact) mass is 271 g/mol. The Morgan fingerprint density at radius 2 is 2.28 bits per heavy atom. The number of nitrogens with zero attached hydrogens (tertiary/aromatic N) is 2. The molecule has 0 fully saturated rings. The second-order valence-electron chi connectivity index (χ2n) is 4.27. The third-order valence-electron chi connectivity index (χ3n) is 3.03. The highest BCUT2D eigenvalue weighted by Crippen LogP contribution is 2.22. The Morgan fingerprint density at radius 1 is 1.56 bits per heavy atom. The molecule has 5 heteroatoms. The number of nitrogens with one attached hydrogen (secondary N) is 1. The molecule has 0 aliphatic heterocycles. The summed E-state index contributed by atoms with van der Waals surface area (Å²) >= 11 is 1.77. The molecular formula is C13H22FN3S. The molecule has 0 amide bonds. The standard InChI is InChI=1S/C13H22FN3S/c1-5-11(9-18-4)17(3)13-12(14)10(8-15-2)6-7-16-13/h6-7,11,15H,5,8-9H2,1-4H3. The molecule has 1 atom stereocenters. The second kappa shape index (κ2) is 7.59. The van der Waals surface area contributed by atoms with Crippen LogP contribution >= 0.6 is 11.8 Å². The number of hydrogen-bond donors (Lipinski definition) is 1. The number of aromatic nitrogens is 1. The lowest BCUT2D eigenvalue weighted by Crippen LogP contribution is -2.34. The minimum absolute atomic E-state index is 0.214. The van der Waals surface area contributed by atoms with E-state index >= 15 is 0 Å². The summed E-state index contributed by atoms with van der Waals surface area (Å²) in [5, 5.41) is 2.97. The normalized spacial score (nSPS) is 12.5. The molecule has 1 aromatic heterocycles. The van der Waals surface area contributed by atoms with Gasteiger partial charge in [0.05, 0.1) is 0 Å². The van der Waals surface area contributed by atoms with Crippen LogP contribution in [-0.2, 0) is 6.54 Å². The predicted octanol–water partition coefficient (Wildman–Crippen LogP) is 2.52. The van der Waals surface area contributed by atoms with Crippen LogP contribution in [-0.4, -0.2) is 37.1 Å². The molecule has 0 saturated heterocycles. The molecule has 0 aliphatic rings. The molecule has 0 spiro atoms. The summed E-state index contributed by atoms with van der Waals surface area (Å²) in [5.41, 5.74) is 0.661. The molecule has 3 nitrogen and oxygen atoms in total. The zero-order valence-electron chi connectivity index (χ0n) is 11.5. The van der Waals surface area contributed by atoms with Crippen LogP contribution in [0.1, 0.15) is 18.9 Å². The Kier molecular flexibility index (Phi) is 6.43. The van der Waals surface area contributed by atoms with E-state index in [9.17, 15) is 4.39 Å². The number of hydrogen-bond acceptors (Lipinski definition) is 4. The summed E-state index contributed by atoms with van der Waals surface area (Å²) < 4.78 is 14.3. The van der Waals surface area contributed by atoms with Gasteiger partial charge in [0, 0.05) is 37.1 Å². The van der Waals surface area contributed by atoms with E-state index in [1.807, 2.05) is 19.0 Å². The van der Waals surface area contributed by atoms with Gasteiger partial charge in [-0.2, -0.15) is 11.8 Å². The second-order valence-corrected chi connectivity index (χ2v) is 5.18. The van der Waals surface area contributed by atoms with Gasteiger partial charge in [-0.3, -0.25) is 0 Å². The minimum Gasteiger partial charge on any atom is -0.353 e. The molecule has 1 rings (SSSR count). The van der Waals surface area contributed by atoms with Gasteiger partial charge >= 0.3 is 0 Å². The van der Waals surface area contributed by atoms with Crippen molar-refractivity contribution in [2.75, 3.05) is 31.0 Å². The number of anilines is 1. The van der Waals surface area contributed by atoms with E-state index in [0.717, 1.165) is 12.2 Å². The lowest BCUT2D eigenvalue weighted by atomic mass is 10.2. The molecule has 1 aromatic rings. The van der Waals surface area contributed by atoms with Gasteiger partial charge in [-0.15, -0.1) is 0 Å². The average molecular weight is 271 g/mol. The summed E-state index contributed by atoms with van der Waals surface area (Å²) in [4.78, 5) is 6.14. The number of pyridine rings is 1. The van der Waals surface area contributed by atoms with E-state index in [1.54, 1.807) is 24.0 Å². The summed E-state index contributed by atoms with van der Waals surface area (Å²) in [6, 6.07) is 2.03. The largest absolute Gasteiger partial charge is 0.353 e. The Bertz CT molecular complexity index is 373. The van der Waals surface area contributed by atoms with Crippen LogP contribution in [0.3, 0.4) is 0 Å². The molecule has 0 radical (unpaired) electrons. The Labute approximate surface area is 113 Å². The van der Waals surface area contributed by atoms with Gasteiger partial charge in [-0.1, -0.05) is 6.92 Å². The third-order valence-corrected chi connectivity index (χ3v) is 3.75. The number of rotatable bonds is 7. The summed E-state index contributed by atoms with van der Waals surface area (Å²) in [5.74, 6) is 1.21. The average Bonchev–Trinajstić information content (AvgIpc) is 2.38. The predicted molar refractivity (Wildman–Crippen MR) is 77.8 cm³/mol. The van der Waals surface area contributed by atoms with Crippen molar-refractivity contribution in [2.24, 2.45) is 0 Å². The van der Waals surface area contributed by atoms with Crippen LogP contribution in [0, 0.1) is 5.82 Å². The van der Waals surface area contributed by atoms with E-state index < -0.39 is 0 Å². The van der Waals surface area contributed by atoms with Crippen LogP contribution in [0.25, 0.3) is 0 Å². The van der Waals surface area contributed by atoms with Crippen LogP contribution in [0.5, 0.6) is 0 Å². The van der Waals surface area contributed by atoms with E-state index in [-0.39, 0.29) is 5.82 Å². The first kappa shape index (κ1) is 15.2. The topological polar surface area (TPSA) is 28.2 Å². The Morgan fingerprint density at radius 3 is 2.83 bits per heavy atom. The molecule has 1 heterocycles. The highest BCUT2D eigenvalue weighted by atomic mass is 32.2. The molecule has 0 bridgehead atoms. The molecule has 102 valence electrons. The lowest BCUT2D eigenvalue weighted by Gasteiger charge is -2.28. The maximum atomic E-state index is 14.3. The van der Waals surface area contributed by atoms with Crippen molar-refractivity contribution in [3.63, 3.8) is 0 Å². The zero-order chi connectivity index (χ0) is 13.5. The van der Waals surface area contributed by atoms with Gasteiger partial charge in [0.15, 0.2) is 11.6 Å². The van der Waals surface area contributed by atoms with Gasteiger partial charge in [-0.25, -0.2) is 9.37 Å². The van der Waals surface area contributed by atoms with Gasteiger partial charge in [0.25, 0.3) is 0 Å². The van der Waals surface area contributed by atoms with Crippen molar-refractivity contribution in [1.82, 2.24) is 10.3 Å². The maximum Gasteiger partial charge on any atom is 0.170 e. The molecule has 1 N–H and O–H groups in total. The molecule has 0 saturated carbocycles. The maximum absolute atomic E-state index is 14.3. The first-order valence-corrected chi connectivity index (χ1v) is 7.54.